The van der Waals surface area contributed by atoms with Crippen molar-refractivity contribution in [1.29, 1.82) is 0 Å². The summed E-state index contributed by atoms with van der Waals surface area (Å²) in [6.07, 6.45) is 1.57. The number of nitrogens with one attached hydrogen (secondary N) is 1. The molecule has 118 valence electrons. The minimum atomic E-state index is -3.82. The van der Waals surface area contributed by atoms with Crippen molar-refractivity contribution in [3.8, 4) is 0 Å². The molecule has 9 heteroatoms. The fourth-order valence-electron chi connectivity index (χ4n) is 1.70. The molecule has 0 aliphatic carbocycles. The zero-order valence-corrected chi connectivity index (χ0v) is 12.8. The first-order valence-electron chi connectivity index (χ1n) is 6.33. The second-order valence-electron chi connectivity index (χ2n) is 4.44. The van der Waals surface area contributed by atoms with Gasteiger partial charge in [-0.2, -0.15) is 4.72 Å². The molecule has 1 atom stereocenters. The van der Waals surface area contributed by atoms with Crippen LogP contribution in [0.3, 0.4) is 0 Å². The molecule has 0 fully saturated rings. The second kappa shape index (κ2) is 8.11. The second-order valence-corrected chi connectivity index (χ2v) is 7.33. The summed E-state index contributed by atoms with van der Waals surface area (Å²) < 4.78 is 26.1. The summed E-state index contributed by atoms with van der Waals surface area (Å²) >= 11 is 1.01. The summed E-state index contributed by atoms with van der Waals surface area (Å²) in [4.78, 5) is 21.4. The topological polar surface area (TPSA) is 121 Å². The fourth-order valence-corrected chi connectivity index (χ4v) is 3.93. The van der Waals surface area contributed by atoms with Gasteiger partial charge in [0.15, 0.2) is 0 Å². The minimum Gasteiger partial charge on any atom is -0.481 e. The molecule has 0 bridgehead atoms. The van der Waals surface area contributed by atoms with E-state index in [-0.39, 0.29) is 17.1 Å². The van der Waals surface area contributed by atoms with E-state index in [4.69, 9.17) is 10.2 Å². The zero-order chi connectivity index (χ0) is 15.9. The number of unbranched alkanes of at least 4 members (excludes halogenated alkanes) is 2. The van der Waals surface area contributed by atoms with Crippen LogP contribution < -0.4 is 4.72 Å². The maximum Gasteiger partial charge on any atom is 0.321 e. The molecule has 0 aliphatic heterocycles. The number of sulfonamides is 1. The molecule has 0 aromatic carbocycles. The molecule has 1 rings (SSSR count). The smallest absolute Gasteiger partial charge is 0.321 e. The third-order valence-electron chi connectivity index (χ3n) is 2.74. The van der Waals surface area contributed by atoms with Crippen LogP contribution in [0.2, 0.25) is 0 Å². The van der Waals surface area contributed by atoms with E-state index >= 15 is 0 Å². The molecular formula is C12H17NO6S2. The van der Waals surface area contributed by atoms with Crippen molar-refractivity contribution < 1.29 is 28.2 Å². The highest BCUT2D eigenvalue weighted by molar-refractivity contribution is 7.91. The maximum atomic E-state index is 11.9. The van der Waals surface area contributed by atoms with E-state index in [0.717, 1.165) is 11.3 Å². The molecule has 3 N–H and O–H groups in total. The van der Waals surface area contributed by atoms with Crippen molar-refractivity contribution in [3.05, 3.63) is 17.5 Å². The standard InChI is InChI=1S/C12H17NO6S2/c14-10(15)6-3-1-2-5-9(12(16)17)13-21(18,19)11-7-4-8-20-11/h4,7-9,13H,1-3,5-6H2,(H,14,15)(H,16,17)/t9-/m0/s1. The molecule has 0 saturated carbocycles. The van der Waals surface area contributed by atoms with Gasteiger partial charge >= 0.3 is 11.9 Å². The van der Waals surface area contributed by atoms with Crippen molar-refractivity contribution in [2.45, 2.75) is 42.4 Å². The monoisotopic (exact) mass is 335 g/mol. The van der Waals surface area contributed by atoms with Crippen LogP contribution in [0, 0.1) is 0 Å². The van der Waals surface area contributed by atoms with Crippen LogP contribution in [0.5, 0.6) is 0 Å². The molecule has 21 heavy (non-hydrogen) atoms. The predicted molar refractivity (Wildman–Crippen MR) is 76.8 cm³/mol. The van der Waals surface area contributed by atoms with Crippen molar-refractivity contribution in [2.24, 2.45) is 0 Å². The van der Waals surface area contributed by atoms with Crippen LogP contribution in [0.25, 0.3) is 0 Å². The van der Waals surface area contributed by atoms with Gasteiger partial charge in [0.1, 0.15) is 10.3 Å². The van der Waals surface area contributed by atoms with Gasteiger partial charge in [-0.05, 0) is 24.3 Å². The molecule has 0 unspecified atom stereocenters. The van der Waals surface area contributed by atoms with Crippen LogP contribution in [-0.4, -0.2) is 36.6 Å². The van der Waals surface area contributed by atoms with Gasteiger partial charge in [0, 0.05) is 6.42 Å². The van der Waals surface area contributed by atoms with Gasteiger partial charge in [-0.1, -0.05) is 18.9 Å². The highest BCUT2D eigenvalue weighted by Gasteiger charge is 2.25. The number of thiophene rings is 1. The molecule has 1 aromatic rings. The number of aliphatic carboxylic acids is 2. The lowest BCUT2D eigenvalue weighted by atomic mass is 10.1. The number of carboxylic acid groups (broad SMARTS) is 2. The quantitative estimate of drug-likeness (QED) is 0.557. The Kier molecular flexibility index (Phi) is 6.79. The van der Waals surface area contributed by atoms with E-state index in [0.29, 0.717) is 19.3 Å². The van der Waals surface area contributed by atoms with E-state index < -0.39 is 28.0 Å². The van der Waals surface area contributed by atoms with E-state index in [1.165, 1.54) is 6.07 Å². The Morgan fingerprint density at radius 2 is 1.95 bits per heavy atom. The normalized spacial score (nSPS) is 13.0. The molecule has 0 spiro atoms. The highest BCUT2D eigenvalue weighted by Crippen LogP contribution is 2.17. The third-order valence-corrected chi connectivity index (χ3v) is 5.61. The third kappa shape index (κ3) is 6.23. The maximum absolute atomic E-state index is 11.9. The number of hydrogen-bond donors (Lipinski definition) is 3. The SMILES string of the molecule is O=C(O)CCCCC[C@H](NS(=O)(=O)c1cccs1)C(=O)O. The number of carboxylic acids is 2. The van der Waals surface area contributed by atoms with Crippen LogP contribution in [0.15, 0.2) is 21.7 Å². The lowest BCUT2D eigenvalue weighted by Gasteiger charge is -2.13. The summed E-state index contributed by atoms with van der Waals surface area (Å²) in [5.74, 6) is -2.14. The average molecular weight is 335 g/mol. The van der Waals surface area contributed by atoms with Gasteiger partial charge in [0.2, 0.25) is 0 Å². The summed E-state index contributed by atoms with van der Waals surface area (Å²) in [6, 6.07) is 1.77. The van der Waals surface area contributed by atoms with Gasteiger partial charge in [-0.25, -0.2) is 8.42 Å². The van der Waals surface area contributed by atoms with Crippen molar-refractivity contribution in [1.82, 2.24) is 4.72 Å². The molecule has 0 amide bonds. The van der Waals surface area contributed by atoms with Crippen molar-refractivity contribution >= 4 is 33.3 Å². The number of carbonyl (C=O) groups is 2. The summed E-state index contributed by atoms with van der Waals surface area (Å²) in [5, 5.41) is 19.1. The van der Waals surface area contributed by atoms with Crippen LogP contribution in [-0.2, 0) is 19.6 Å². The van der Waals surface area contributed by atoms with E-state index in [2.05, 4.69) is 4.72 Å². The largest absolute Gasteiger partial charge is 0.481 e. The first kappa shape index (κ1) is 17.6. The Morgan fingerprint density at radius 1 is 1.24 bits per heavy atom. The Bertz CT molecular complexity index is 567. The van der Waals surface area contributed by atoms with Crippen molar-refractivity contribution in [2.75, 3.05) is 0 Å². The summed E-state index contributed by atoms with van der Waals surface area (Å²) in [7, 11) is -3.82. The molecule has 0 radical (unpaired) electrons. The molecule has 0 aliphatic rings. The van der Waals surface area contributed by atoms with Gasteiger partial charge in [0.25, 0.3) is 10.0 Å². The number of rotatable bonds is 10. The molecule has 7 nitrogen and oxygen atoms in total. The molecule has 1 aromatic heterocycles. The van der Waals surface area contributed by atoms with Crippen molar-refractivity contribution in [3.63, 3.8) is 0 Å². The first-order chi connectivity index (χ1) is 9.83. The van der Waals surface area contributed by atoms with Gasteiger partial charge in [-0.3, -0.25) is 9.59 Å². The zero-order valence-electron chi connectivity index (χ0n) is 11.2. The lowest BCUT2D eigenvalue weighted by Crippen LogP contribution is -2.40. The molecular weight excluding hydrogens is 318 g/mol. The Balaban J connectivity index is 2.51. The Labute approximate surface area is 126 Å². The lowest BCUT2D eigenvalue weighted by molar-refractivity contribution is -0.139. The summed E-state index contributed by atoms with van der Waals surface area (Å²) in [6.45, 7) is 0. The van der Waals surface area contributed by atoms with Gasteiger partial charge < -0.3 is 10.2 Å². The Hall–Kier alpha value is -1.45. The van der Waals surface area contributed by atoms with E-state index in [1.54, 1.807) is 11.4 Å². The highest BCUT2D eigenvalue weighted by atomic mass is 32.2. The van der Waals surface area contributed by atoms with Gasteiger partial charge in [0.05, 0.1) is 0 Å². The minimum absolute atomic E-state index is 0.0264. The van der Waals surface area contributed by atoms with Crippen LogP contribution in [0.1, 0.15) is 32.1 Å². The van der Waals surface area contributed by atoms with Crippen LogP contribution >= 0.6 is 11.3 Å². The summed E-state index contributed by atoms with van der Waals surface area (Å²) in [5.41, 5.74) is 0. The predicted octanol–water partition coefficient (Wildman–Crippen LogP) is 1.51. The van der Waals surface area contributed by atoms with E-state index in [9.17, 15) is 18.0 Å². The molecule has 0 saturated heterocycles. The average Bonchev–Trinajstić information content (AvgIpc) is 2.90. The Morgan fingerprint density at radius 3 is 2.48 bits per heavy atom. The first-order valence-corrected chi connectivity index (χ1v) is 8.69. The van der Waals surface area contributed by atoms with E-state index in [1.807, 2.05) is 0 Å². The number of hydrogen-bond acceptors (Lipinski definition) is 5. The van der Waals surface area contributed by atoms with Crippen LogP contribution in [0.4, 0.5) is 0 Å². The molecule has 1 heterocycles. The fraction of sp³-hybridized carbons (Fsp3) is 0.500. The van der Waals surface area contributed by atoms with Gasteiger partial charge in [-0.15, -0.1) is 11.3 Å².